The number of carbonyl (C=O) groups is 1. The van der Waals surface area contributed by atoms with Crippen LogP contribution in [-0.4, -0.2) is 29.6 Å². The highest BCUT2D eigenvalue weighted by atomic mass is 32.2. The largest absolute Gasteiger partial charge is 0.325 e. The van der Waals surface area contributed by atoms with Gasteiger partial charge < -0.3 is 5.32 Å². The fraction of sp³-hybridized carbons (Fsp3) is 0.304. The van der Waals surface area contributed by atoms with Gasteiger partial charge in [0.15, 0.2) is 5.16 Å². The highest BCUT2D eigenvalue weighted by Crippen LogP contribution is 2.31. The lowest BCUT2D eigenvalue weighted by molar-refractivity contribution is -0.113. The normalized spacial score (nSPS) is 13.6. The van der Waals surface area contributed by atoms with Crippen LogP contribution in [0.2, 0.25) is 0 Å². The molecular weight excluding hydrogens is 444 g/mol. The molecule has 4 rings (SSSR count). The van der Waals surface area contributed by atoms with Crippen molar-refractivity contribution in [2.24, 2.45) is 5.14 Å². The third kappa shape index (κ3) is 4.74. The van der Waals surface area contributed by atoms with Crippen molar-refractivity contribution in [2.45, 2.75) is 49.6 Å². The van der Waals surface area contributed by atoms with Crippen molar-refractivity contribution in [1.82, 2.24) is 9.55 Å². The second-order valence-electron chi connectivity index (χ2n) is 7.96. The van der Waals surface area contributed by atoms with Crippen molar-refractivity contribution < 1.29 is 13.2 Å². The molecule has 1 heterocycles. The van der Waals surface area contributed by atoms with Crippen LogP contribution in [0.3, 0.4) is 0 Å². The van der Waals surface area contributed by atoms with E-state index >= 15 is 0 Å². The maximum atomic E-state index is 12.8. The SMILES string of the molecule is Cc1cc(S(N)(=O)=O)cc(NC(=O)CSc2nc3c(n2-c2ccccc2)CCCC3)c1C. The van der Waals surface area contributed by atoms with Crippen LogP contribution in [0.25, 0.3) is 5.69 Å². The molecule has 0 bridgehead atoms. The number of thioether (sulfide) groups is 1. The molecule has 0 unspecified atom stereocenters. The number of imidazole rings is 1. The van der Waals surface area contributed by atoms with E-state index in [0.717, 1.165) is 53.3 Å². The lowest BCUT2D eigenvalue weighted by Gasteiger charge is -2.15. The van der Waals surface area contributed by atoms with Crippen LogP contribution in [0, 0.1) is 13.8 Å². The predicted molar refractivity (Wildman–Crippen MR) is 127 cm³/mol. The van der Waals surface area contributed by atoms with Crippen LogP contribution in [0.4, 0.5) is 5.69 Å². The molecular formula is C23H26N4O3S2. The zero-order valence-electron chi connectivity index (χ0n) is 18.1. The minimum absolute atomic E-state index is 0.0177. The van der Waals surface area contributed by atoms with Gasteiger partial charge in [-0.2, -0.15) is 0 Å². The van der Waals surface area contributed by atoms with Gasteiger partial charge in [-0.3, -0.25) is 9.36 Å². The standard InChI is InChI=1S/C23H26N4O3S2/c1-15-12-18(32(24,29)30)13-20(16(15)2)25-22(28)14-31-23-26-19-10-6-7-11-21(19)27(23)17-8-4-3-5-9-17/h3-5,8-9,12-13H,6-7,10-11,14H2,1-2H3,(H,25,28)(H2,24,29,30). The summed E-state index contributed by atoms with van der Waals surface area (Å²) in [6.45, 7) is 3.62. The first-order valence-electron chi connectivity index (χ1n) is 10.5. The first-order valence-corrected chi connectivity index (χ1v) is 13.0. The molecule has 9 heteroatoms. The highest BCUT2D eigenvalue weighted by Gasteiger charge is 2.22. The highest BCUT2D eigenvalue weighted by molar-refractivity contribution is 7.99. The number of para-hydroxylation sites is 1. The molecule has 1 aromatic heterocycles. The molecule has 32 heavy (non-hydrogen) atoms. The summed E-state index contributed by atoms with van der Waals surface area (Å²) in [4.78, 5) is 17.6. The number of amides is 1. The minimum atomic E-state index is -3.86. The van der Waals surface area contributed by atoms with Gasteiger partial charge in [0, 0.05) is 17.1 Å². The van der Waals surface area contributed by atoms with Crippen LogP contribution < -0.4 is 10.5 Å². The molecule has 3 N–H and O–H groups in total. The molecule has 168 valence electrons. The van der Waals surface area contributed by atoms with Crippen molar-refractivity contribution in [2.75, 3.05) is 11.1 Å². The number of carbonyl (C=O) groups excluding carboxylic acids is 1. The summed E-state index contributed by atoms with van der Waals surface area (Å²) in [5.74, 6) is -0.0782. The molecule has 1 aliphatic rings. The Kier molecular flexibility index (Phi) is 6.41. The molecule has 0 saturated carbocycles. The van der Waals surface area contributed by atoms with E-state index in [1.54, 1.807) is 6.92 Å². The Bertz CT molecular complexity index is 1270. The second kappa shape index (κ2) is 9.09. The van der Waals surface area contributed by atoms with Gasteiger partial charge in [0.25, 0.3) is 0 Å². The zero-order valence-corrected chi connectivity index (χ0v) is 19.7. The van der Waals surface area contributed by atoms with Gasteiger partial charge in [-0.25, -0.2) is 18.5 Å². The number of benzene rings is 2. The van der Waals surface area contributed by atoms with E-state index in [9.17, 15) is 13.2 Å². The van der Waals surface area contributed by atoms with E-state index < -0.39 is 10.0 Å². The lowest BCUT2D eigenvalue weighted by atomic mass is 10.0. The summed E-state index contributed by atoms with van der Waals surface area (Å²) in [6.07, 6.45) is 4.19. The molecule has 0 aliphatic heterocycles. The van der Waals surface area contributed by atoms with Gasteiger partial charge in [-0.05, 0) is 74.9 Å². The molecule has 0 radical (unpaired) electrons. The molecule has 0 fully saturated rings. The number of rotatable bonds is 6. The van der Waals surface area contributed by atoms with Crippen LogP contribution >= 0.6 is 11.8 Å². The Morgan fingerprint density at radius 1 is 1.16 bits per heavy atom. The lowest BCUT2D eigenvalue weighted by Crippen LogP contribution is -2.18. The van der Waals surface area contributed by atoms with E-state index in [1.165, 1.54) is 29.6 Å². The first kappa shape index (κ1) is 22.6. The van der Waals surface area contributed by atoms with Crippen LogP contribution in [0.5, 0.6) is 0 Å². The van der Waals surface area contributed by atoms with E-state index in [4.69, 9.17) is 10.1 Å². The fourth-order valence-electron chi connectivity index (χ4n) is 3.89. The number of nitrogens with one attached hydrogen (secondary N) is 1. The van der Waals surface area contributed by atoms with Crippen molar-refractivity contribution in [1.29, 1.82) is 0 Å². The van der Waals surface area contributed by atoms with Gasteiger partial charge in [0.05, 0.1) is 16.3 Å². The minimum Gasteiger partial charge on any atom is -0.325 e. The number of hydrogen-bond acceptors (Lipinski definition) is 5. The zero-order chi connectivity index (χ0) is 22.9. The molecule has 1 aliphatic carbocycles. The number of anilines is 1. The first-order chi connectivity index (χ1) is 15.2. The van der Waals surface area contributed by atoms with E-state index in [-0.39, 0.29) is 16.6 Å². The summed E-state index contributed by atoms with van der Waals surface area (Å²) in [5.41, 5.74) is 5.36. The number of aryl methyl sites for hydroxylation is 2. The molecule has 7 nitrogen and oxygen atoms in total. The number of sulfonamides is 1. The molecule has 3 aromatic rings. The van der Waals surface area contributed by atoms with Crippen LogP contribution in [0.1, 0.15) is 35.4 Å². The Morgan fingerprint density at radius 2 is 1.88 bits per heavy atom. The maximum Gasteiger partial charge on any atom is 0.238 e. The van der Waals surface area contributed by atoms with Gasteiger partial charge in [0.2, 0.25) is 15.9 Å². The summed E-state index contributed by atoms with van der Waals surface area (Å²) in [5, 5.41) is 8.91. The number of nitrogens with zero attached hydrogens (tertiary/aromatic N) is 2. The third-order valence-corrected chi connectivity index (χ3v) is 7.52. The van der Waals surface area contributed by atoms with Gasteiger partial charge in [-0.1, -0.05) is 30.0 Å². The maximum absolute atomic E-state index is 12.8. The van der Waals surface area contributed by atoms with E-state index in [2.05, 4.69) is 9.88 Å². The summed E-state index contributed by atoms with van der Waals surface area (Å²) < 4.78 is 25.7. The molecule has 0 saturated heterocycles. The average Bonchev–Trinajstić information content (AvgIpc) is 3.13. The fourth-order valence-corrected chi connectivity index (χ4v) is 5.37. The van der Waals surface area contributed by atoms with E-state index in [1.807, 2.05) is 37.3 Å². The van der Waals surface area contributed by atoms with Crippen LogP contribution in [0.15, 0.2) is 52.5 Å². The number of nitrogens with two attached hydrogens (primary N) is 1. The van der Waals surface area contributed by atoms with Gasteiger partial charge in [0.1, 0.15) is 0 Å². The summed E-state index contributed by atoms with van der Waals surface area (Å²) >= 11 is 1.38. The topological polar surface area (TPSA) is 107 Å². The van der Waals surface area contributed by atoms with Gasteiger partial charge in [-0.15, -0.1) is 0 Å². The summed E-state index contributed by atoms with van der Waals surface area (Å²) in [6, 6.07) is 13.0. The number of primary sulfonamides is 1. The van der Waals surface area contributed by atoms with Gasteiger partial charge >= 0.3 is 0 Å². The van der Waals surface area contributed by atoms with Crippen LogP contribution in [-0.2, 0) is 27.7 Å². The monoisotopic (exact) mass is 470 g/mol. The Morgan fingerprint density at radius 3 is 2.59 bits per heavy atom. The Labute approximate surface area is 192 Å². The second-order valence-corrected chi connectivity index (χ2v) is 10.5. The number of fused-ring (bicyclic) bond motifs is 1. The van der Waals surface area contributed by atoms with Crippen molar-refractivity contribution >= 4 is 33.4 Å². The average molecular weight is 471 g/mol. The predicted octanol–water partition coefficient (Wildman–Crippen LogP) is 3.75. The smallest absolute Gasteiger partial charge is 0.238 e. The van der Waals surface area contributed by atoms with E-state index in [0.29, 0.717) is 5.69 Å². The molecule has 2 aromatic carbocycles. The quantitative estimate of drug-likeness (QED) is 0.534. The molecule has 1 amide bonds. The Hall–Kier alpha value is -2.62. The molecule has 0 spiro atoms. The summed E-state index contributed by atoms with van der Waals surface area (Å²) in [7, 11) is -3.86. The number of hydrogen-bond donors (Lipinski definition) is 2. The van der Waals surface area contributed by atoms with Crippen molar-refractivity contribution in [3.05, 3.63) is 65.0 Å². The third-order valence-electron chi connectivity index (χ3n) is 5.69. The van der Waals surface area contributed by atoms with Crippen molar-refractivity contribution in [3.63, 3.8) is 0 Å². The van der Waals surface area contributed by atoms with Crippen molar-refractivity contribution in [3.8, 4) is 5.69 Å². The number of aromatic nitrogens is 2. The molecule has 0 atom stereocenters. The Balaban J connectivity index is 1.56.